The van der Waals surface area contributed by atoms with E-state index in [1.807, 2.05) is 0 Å². The van der Waals surface area contributed by atoms with E-state index < -0.39 is 0 Å². The topological polar surface area (TPSA) is 0 Å². The number of unbranched alkanes of at least 4 members (excludes halogenated alkanes) is 6. The van der Waals surface area contributed by atoms with Crippen LogP contribution in [0, 0.1) is 5.92 Å². The summed E-state index contributed by atoms with van der Waals surface area (Å²) in [6.45, 7) is 6.99. The van der Waals surface area contributed by atoms with Gasteiger partial charge in [-0.1, -0.05) is 52.9 Å². The zero-order valence-electron chi connectivity index (χ0n) is 11.4. The molecule has 98 valence electrons. The fourth-order valence-corrected chi connectivity index (χ4v) is 2.91. The summed E-state index contributed by atoms with van der Waals surface area (Å²) in [5.74, 6) is 3.24. The third kappa shape index (κ3) is 11.2. The summed E-state index contributed by atoms with van der Waals surface area (Å²) in [4.78, 5) is 0. The molecule has 16 heavy (non-hydrogen) atoms. The molecule has 0 bridgehead atoms. The lowest BCUT2D eigenvalue weighted by atomic mass is 10.1. The lowest BCUT2D eigenvalue weighted by Gasteiger charge is -2.14. The van der Waals surface area contributed by atoms with E-state index in [4.69, 9.17) is 0 Å². The monoisotopic (exact) mass is 262 g/mol. The summed E-state index contributed by atoms with van der Waals surface area (Å²) >= 11 is 6.37. The molecule has 0 aromatic carbocycles. The Morgan fingerprint density at radius 1 is 0.812 bits per heavy atom. The minimum absolute atomic E-state index is 0.825. The quantitative estimate of drug-likeness (QED) is 0.383. The van der Waals surface area contributed by atoms with Crippen LogP contribution in [0.1, 0.15) is 65.7 Å². The molecule has 0 aromatic rings. The van der Waals surface area contributed by atoms with Crippen LogP contribution in [-0.2, 0) is 0 Å². The van der Waals surface area contributed by atoms with Crippen LogP contribution < -0.4 is 0 Å². The summed E-state index contributed by atoms with van der Waals surface area (Å²) in [7, 11) is 0. The zero-order chi connectivity index (χ0) is 12.2. The number of rotatable bonds is 11. The van der Waals surface area contributed by atoms with E-state index in [0.29, 0.717) is 0 Å². The molecule has 0 saturated heterocycles. The molecule has 0 aliphatic heterocycles. The molecule has 0 radical (unpaired) electrons. The van der Waals surface area contributed by atoms with Gasteiger partial charge in [-0.05, 0) is 30.3 Å². The minimum Gasteiger partial charge on any atom is -0.179 e. The molecule has 1 unspecified atom stereocenters. The van der Waals surface area contributed by atoms with Crippen LogP contribution in [0.2, 0.25) is 0 Å². The van der Waals surface area contributed by atoms with Crippen LogP contribution in [0.4, 0.5) is 0 Å². The fourth-order valence-electron chi connectivity index (χ4n) is 1.56. The number of thioether (sulfide) groups is 1. The number of thiol groups is 1. The van der Waals surface area contributed by atoms with Gasteiger partial charge in [0.15, 0.2) is 0 Å². The highest BCUT2D eigenvalue weighted by Gasteiger charge is 2.06. The Morgan fingerprint density at radius 3 is 1.81 bits per heavy atom. The Morgan fingerprint density at radius 2 is 1.31 bits per heavy atom. The highest BCUT2D eigenvalue weighted by molar-refractivity contribution is 7.99. The second-order valence-corrected chi connectivity index (χ2v) is 6.95. The normalized spacial score (nSPS) is 13.3. The molecule has 2 heteroatoms. The molecule has 0 aromatic heterocycles. The van der Waals surface area contributed by atoms with Crippen molar-refractivity contribution in [1.29, 1.82) is 0 Å². The van der Waals surface area contributed by atoms with Crippen molar-refractivity contribution < 1.29 is 0 Å². The van der Waals surface area contributed by atoms with Crippen LogP contribution in [0.25, 0.3) is 0 Å². The van der Waals surface area contributed by atoms with Crippen molar-refractivity contribution in [2.75, 3.05) is 11.5 Å². The molecular formula is C14H30S2. The maximum atomic E-state index is 4.22. The van der Waals surface area contributed by atoms with E-state index in [9.17, 15) is 0 Å². The first kappa shape index (κ1) is 16.7. The summed E-state index contributed by atoms with van der Waals surface area (Å²) in [6.07, 6.45) is 9.79. The van der Waals surface area contributed by atoms with Crippen molar-refractivity contribution in [1.82, 2.24) is 0 Å². The smallest absolute Gasteiger partial charge is 0.00417 e. The predicted molar refractivity (Wildman–Crippen MR) is 82.9 cm³/mol. The van der Waals surface area contributed by atoms with E-state index >= 15 is 0 Å². The van der Waals surface area contributed by atoms with Crippen molar-refractivity contribution in [2.24, 2.45) is 5.92 Å². The summed E-state index contributed by atoms with van der Waals surface area (Å²) in [5.41, 5.74) is 0. The van der Waals surface area contributed by atoms with Crippen LogP contribution in [0.3, 0.4) is 0 Å². The fraction of sp³-hybridized carbons (Fsp3) is 1.00. The maximum absolute atomic E-state index is 4.22. The third-order valence-electron chi connectivity index (χ3n) is 3.12. The highest BCUT2D eigenvalue weighted by atomic mass is 32.2. The Bertz CT molecular complexity index is 135. The van der Waals surface area contributed by atoms with Crippen molar-refractivity contribution in [3.63, 3.8) is 0 Å². The van der Waals surface area contributed by atoms with Gasteiger partial charge in [-0.15, -0.1) is 0 Å². The first-order valence-electron chi connectivity index (χ1n) is 6.91. The molecule has 0 spiro atoms. The minimum atomic E-state index is 0.825. The highest BCUT2D eigenvalue weighted by Crippen LogP contribution is 2.20. The molecule has 0 nitrogen and oxygen atoms in total. The van der Waals surface area contributed by atoms with E-state index in [0.717, 1.165) is 16.9 Å². The van der Waals surface area contributed by atoms with Crippen LogP contribution in [0.5, 0.6) is 0 Å². The van der Waals surface area contributed by atoms with E-state index in [1.54, 1.807) is 0 Å². The van der Waals surface area contributed by atoms with Crippen molar-refractivity contribution in [3.8, 4) is 0 Å². The standard InChI is InChI=1S/C14H30S2/c1-13(2)14(3)16-12-10-8-6-4-5-7-9-11-15/h13-15H,4-12H2,1-3H3. The SMILES string of the molecule is CC(C)C(C)SCCCCCCCCCS. The lowest BCUT2D eigenvalue weighted by Crippen LogP contribution is -2.06. The summed E-state index contributed by atoms with van der Waals surface area (Å²) < 4.78 is 0. The van der Waals surface area contributed by atoms with Gasteiger partial charge >= 0.3 is 0 Å². The number of hydrogen-bond acceptors (Lipinski definition) is 2. The van der Waals surface area contributed by atoms with Gasteiger partial charge in [0.2, 0.25) is 0 Å². The van der Waals surface area contributed by atoms with Crippen LogP contribution >= 0.6 is 24.4 Å². The Labute approximate surface area is 113 Å². The molecule has 0 aliphatic carbocycles. The average Bonchev–Trinajstić information content (AvgIpc) is 2.26. The Kier molecular flexibility index (Phi) is 12.7. The molecule has 0 aliphatic rings. The molecule has 0 saturated carbocycles. The van der Waals surface area contributed by atoms with E-state index in [2.05, 4.69) is 45.2 Å². The zero-order valence-corrected chi connectivity index (χ0v) is 13.1. The second kappa shape index (κ2) is 12.2. The van der Waals surface area contributed by atoms with Gasteiger partial charge < -0.3 is 0 Å². The summed E-state index contributed by atoms with van der Waals surface area (Å²) in [6, 6.07) is 0. The molecule has 0 rings (SSSR count). The predicted octanol–water partition coefficient (Wildman–Crippen LogP) is 5.42. The molecular weight excluding hydrogens is 232 g/mol. The molecule has 0 amide bonds. The molecule has 1 atom stereocenters. The summed E-state index contributed by atoms with van der Waals surface area (Å²) in [5, 5.41) is 0.829. The average molecular weight is 263 g/mol. The van der Waals surface area contributed by atoms with Crippen molar-refractivity contribution in [2.45, 2.75) is 71.0 Å². The maximum Gasteiger partial charge on any atom is 0.00417 e. The third-order valence-corrected chi connectivity index (χ3v) is 5.03. The van der Waals surface area contributed by atoms with Gasteiger partial charge in [0.25, 0.3) is 0 Å². The van der Waals surface area contributed by atoms with Crippen LogP contribution in [0.15, 0.2) is 0 Å². The Balaban J connectivity index is 3.04. The first-order chi connectivity index (χ1) is 7.68. The molecule has 0 fully saturated rings. The van der Waals surface area contributed by atoms with Gasteiger partial charge in [-0.3, -0.25) is 0 Å². The van der Waals surface area contributed by atoms with Gasteiger partial charge in [0.1, 0.15) is 0 Å². The Hall–Kier alpha value is 0.700. The van der Waals surface area contributed by atoms with Gasteiger partial charge in [0, 0.05) is 5.25 Å². The molecule has 0 heterocycles. The van der Waals surface area contributed by atoms with Gasteiger partial charge in [0.05, 0.1) is 0 Å². The number of hydrogen-bond donors (Lipinski definition) is 1. The van der Waals surface area contributed by atoms with Gasteiger partial charge in [-0.25, -0.2) is 0 Å². The lowest BCUT2D eigenvalue weighted by molar-refractivity contribution is 0.603. The first-order valence-corrected chi connectivity index (χ1v) is 8.59. The van der Waals surface area contributed by atoms with Crippen LogP contribution in [-0.4, -0.2) is 16.8 Å². The van der Waals surface area contributed by atoms with Gasteiger partial charge in [-0.2, -0.15) is 24.4 Å². The second-order valence-electron chi connectivity index (χ2n) is 5.02. The largest absolute Gasteiger partial charge is 0.179 e. The van der Waals surface area contributed by atoms with Crippen molar-refractivity contribution >= 4 is 24.4 Å². The van der Waals surface area contributed by atoms with E-state index in [1.165, 1.54) is 50.7 Å². The van der Waals surface area contributed by atoms with E-state index in [-0.39, 0.29) is 0 Å². The van der Waals surface area contributed by atoms with Crippen molar-refractivity contribution in [3.05, 3.63) is 0 Å². The molecule has 0 N–H and O–H groups in total.